The van der Waals surface area contributed by atoms with E-state index >= 15 is 0 Å². The zero-order valence-electron chi connectivity index (χ0n) is 32.1. The van der Waals surface area contributed by atoms with Gasteiger partial charge in [-0.3, -0.25) is 0 Å². The molecule has 0 fully saturated rings. The molecule has 3 aliphatic rings. The zero-order valence-corrected chi connectivity index (χ0v) is 38.6. The summed E-state index contributed by atoms with van der Waals surface area (Å²) in [5, 5.41) is 2.96. The first kappa shape index (κ1) is 36.1. The van der Waals surface area contributed by atoms with Crippen molar-refractivity contribution in [1.29, 1.82) is 0 Å². The number of aryl methyl sites for hydroxylation is 2. The van der Waals surface area contributed by atoms with Crippen molar-refractivity contribution in [2.75, 3.05) is 0 Å². The molecular weight excluding hydrogens is 878 g/mol. The quantitative estimate of drug-likeness (QED) is 0.140. The number of rotatable bonds is 7. The second-order valence-electron chi connectivity index (χ2n) is 16.5. The number of hydrogen-bond donors (Lipinski definition) is 0. The average molecular weight is 925 g/mol. The Hall–Kier alpha value is -3.53. The molecule has 0 amide bonds. The summed E-state index contributed by atoms with van der Waals surface area (Å²) in [6.07, 6.45) is 5.00. The van der Waals surface area contributed by atoms with Crippen LogP contribution in [0.4, 0.5) is 0 Å². The third-order valence-electron chi connectivity index (χ3n) is 12.8. The predicted molar refractivity (Wildman–Crippen MR) is 235 cm³/mol. The second kappa shape index (κ2) is 13.3. The Morgan fingerprint density at radius 1 is 0.481 bits per heavy atom. The molecule has 0 aromatic heterocycles. The van der Waals surface area contributed by atoms with Crippen LogP contribution in [0.2, 0.25) is 0 Å². The van der Waals surface area contributed by atoms with Crippen LogP contribution in [-0.4, -0.2) is 9.52 Å². The van der Waals surface area contributed by atoms with E-state index in [1.165, 1.54) is 91.6 Å². The Labute approximate surface area is 332 Å². The van der Waals surface area contributed by atoms with Gasteiger partial charge in [0.05, 0.1) is 0 Å². The van der Waals surface area contributed by atoms with Crippen LogP contribution in [0.5, 0.6) is 0 Å². The molecule has 0 N–H and O–H groups in total. The molecular formula is C50H47Cl2HfSi. The summed E-state index contributed by atoms with van der Waals surface area (Å²) in [6, 6.07) is 47.4. The Bertz CT molecular complexity index is 2450. The summed E-state index contributed by atoms with van der Waals surface area (Å²) in [7, 11) is 17.7. The molecule has 2 unspecified atom stereocenters. The number of fused-ring (bicyclic) bond motifs is 5. The molecule has 0 saturated carbocycles. The molecule has 54 heavy (non-hydrogen) atoms. The van der Waals surface area contributed by atoms with E-state index in [2.05, 4.69) is 181 Å². The van der Waals surface area contributed by atoms with E-state index < -0.39 is 25.7 Å². The molecule has 0 bridgehead atoms. The van der Waals surface area contributed by atoms with Gasteiger partial charge in [-0.15, -0.1) is 0 Å². The van der Waals surface area contributed by atoms with Gasteiger partial charge in [-0.05, 0) is 0 Å². The summed E-state index contributed by atoms with van der Waals surface area (Å²) in [4.78, 5) is 0. The van der Waals surface area contributed by atoms with E-state index in [0.717, 1.165) is 0 Å². The van der Waals surface area contributed by atoms with Crippen LogP contribution in [0.25, 0.3) is 45.5 Å². The summed E-state index contributed by atoms with van der Waals surface area (Å²) >= 11 is -5.77. The van der Waals surface area contributed by atoms with Crippen LogP contribution in [-0.2, 0) is 16.1 Å². The number of halogens is 2. The molecule has 2 atom stereocenters. The van der Waals surface area contributed by atoms with E-state index in [1.54, 1.807) is 0 Å². The predicted octanol–water partition coefficient (Wildman–Crippen LogP) is 11.9. The van der Waals surface area contributed by atoms with Crippen molar-refractivity contribution in [1.82, 2.24) is 0 Å². The Morgan fingerprint density at radius 2 is 0.907 bits per heavy atom. The van der Waals surface area contributed by atoms with Crippen LogP contribution in [0.1, 0.15) is 68.4 Å². The van der Waals surface area contributed by atoms with Crippen LogP contribution in [0, 0.1) is 25.7 Å². The SMILES string of the molecule is Cc1ccccc1-c1cccc2c1C=C(C(C)C)[CH]2[Hf]([Cl])([Cl])([c]1cccc2c1[SiH2]c1ccccc1-2)[CH]1C(C(C)C)=Cc2c(-c3ccccc3C)cccc21. The Morgan fingerprint density at radius 3 is 1.41 bits per heavy atom. The fraction of sp³-hybridized carbons (Fsp3) is 0.200. The Balaban J connectivity index is 1.39. The van der Waals surface area contributed by atoms with Gasteiger partial charge in [-0.25, -0.2) is 0 Å². The minimum atomic E-state index is -5.77. The molecule has 269 valence electrons. The first-order chi connectivity index (χ1) is 26.0. The number of benzene rings is 6. The monoisotopic (exact) mass is 925 g/mol. The molecule has 0 spiro atoms. The fourth-order valence-corrected chi connectivity index (χ4v) is 49.8. The maximum atomic E-state index is 9.28. The van der Waals surface area contributed by atoms with Crippen LogP contribution in [0.15, 0.2) is 139 Å². The first-order valence-electron chi connectivity index (χ1n) is 19.6. The summed E-state index contributed by atoms with van der Waals surface area (Å²) in [5.74, 6) is 0.522. The van der Waals surface area contributed by atoms with Gasteiger partial charge in [0, 0.05) is 0 Å². The molecule has 0 saturated heterocycles. The minimum absolute atomic E-state index is 0.0891. The van der Waals surface area contributed by atoms with Gasteiger partial charge in [0.15, 0.2) is 0 Å². The zero-order chi connectivity index (χ0) is 37.5. The molecule has 6 aromatic rings. The van der Waals surface area contributed by atoms with Crippen molar-refractivity contribution in [2.45, 2.75) is 48.9 Å². The van der Waals surface area contributed by atoms with Gasteiger partial charge in [-0.2, -0.15) is 0 Å². The van der Waals surface area contributed by atoms with E-state index in [0.29, 0.717) is 0 Å². The molecule has 9 rings (SSSR count). The first-order valence-corrected chi connectivity index (χ1v) is 35.8. The van der Waals surface area contributed by atoms with Crippen molar-refractivity contribution in [3.8, 4) is 33.4 Å². The molecule has 1 aliphatic heterocycles. The van der Waals surface area contributed by atoms with Crippen molar-refractivity contribution in [2.24, 2.45) is 11.8 Å². The number of allylic oxidation sites excluding steroid dienone is 2. The van der Waals surface area contributed by atoms with Crippen molar-refractivity contribution >= 4 is 52.5 Å². The summed E-state index contributed by atoms with van der Waals surface area (Å²) < 4.78 is 1.12. The van der Waals surface area contributed by atoms with E-state index in [1.807, 2.05) is 0 Å². The average Bonchev–Trinajstić information content (AvgIpc) is 3.88. The molecule has 0 radical (unpaired) electrons. The number of hydrogen-bond acceptors (Lipinski definition) is 0. The van der Waals surface area contributed by atoms with Gasteiger partial charge in [-0.1, -0.05) is 0 Å². The molecule has 6 aromatic carbocycles. The molecule has 1 heterocycles. The van der Waals surface area contributed by atoms with Gasteiger partial charge < -0.3 is 0 Å². The standard InChI is InChI=1S/2C19H19.C12H9Si.2ClH.Hf/c2*1-13(2)16-11-15-8-6-10-18(19(15)12-16)17-9-5-4-7-14(17)3;1-3-7-11-9(5-1)10-6-2-4-8-12(10)13-11;;;/h2*4-13H,1-3H3;1-7H,13H2;2*1H;/q;;;;;+2/p-2. The van der Waals surface area contributed by atoms with Gasteiger partial charge in [0.25, 0.3) is 0 Å². The normalized spacial score (nSPS) is 18.2. The van der Waals surface area contributed by atoms with Gasteiger partial charge >= 0.3 is 335 Å². The summed E-state index contributed by atoms with van der Waals surface area (Å²) in [6.45, 7) is 13.8. The third kappa shape index (κ3) is 5.31. The molecule has 0 nitrogen and oxygen atoms in total. The van der Waals surface area contributed by atoms with E-state index in [-0.39, 0.29) is 19.2 Å². The fourth-order valence-electron chi connectivity index (χ4n) is 10.3. The van der Waals surface area contributed by atoms with Gasteiger partial charge in [0.2, 0.25) is 0 Å². The van der Waals surface area contributed by atoms with Gasteiger partial charge in [0.1, 0.15) is 0 Å². The van der Waals surface area contributed by atoms with E-state index in [4.69, 9.17) is 0 Å². The summed E-state index contributed by atoms with van der Waals surface area (Å²) in [5.41, 5.74) is 18.3. The maximum absolute atomic E-state index is 9.28. The van der Waals surface area contributed by atoms with Crippen LogP contribution in [0.3, 0.4) is 0 Å². The van der Waals surface area contributed by atoms with Crippen molar-refractivity contribution < 1.29 is 16.1 Å². The van der Waals surface area contributed by atoms with Crippen LogP contribution < -0.4 is 13.7 Å². The van der Waals surface area contributed by atoms with Crippen LogP contribution >= 0.6 is 17.2 Å². The third-order valence-corrected chi connectivity index (χ3v) is 44.3. The van der Waals surface area contributed by atoms with E-state index in [9.17, 15) is 17.2 Å². The molecule has 2 aliphatic carbocycles. The topological polar surface area (TPSA) is 0 Å². The molecule has 4 heteroatoms. The van der Waals surface area contributed by atoms with Crippen molar-refractivity contribution in [3.63, 3.8) is 0 Å². The Kier molecular flexibility index (Phi) is 8.90. The van der Waals surface area contributed by atoms with Crippen molar-refractivity contribution in [3.05, 3.63) is 172 Å². The second-order valence-corrected chi connectivity index (χ2v) is 47.6.